The minimum absolute atomic E-state index is 0.00519. The SMILES string of the molecule is CC(C)N1C(=O)CC(=O)NC1=S. The van der Waals surface area contributed by atoms with Crippen LogP contribution in [0.5, 0.6) is 0 Å². The first-order valence-electron chi connectivity index (χ1n) is 3.68. The van der Waals surface area contributed by atoms with Crippen LogP contribution >= 0.6 is 12.2 Å². The third-order valence-corrected chi connectivity index (χ3v) is 1.86. The average molecular weight is 186 g/mol. The second-order valence-corrected chi connectivity index (χ2v) is 3.27. The second kappa shape index (κ2) is 3.18. The Labute approximate surface area is 75.9 Å². The summed E-state index contributed by atoms with van der Waals surface area (Å²) in [6, 6.07) is 0.00519. The van der Waals surface area contributed by atoms with E-state index in [0.29, 0.717) is 0 Å². The van der Waals surface area contributed by atoms with Crippen LogP contribution in [-0.4, -0.2) is 27.9 Å². The number of carbonyl (C=O) groups is 2. The van der Waals surface area contributed by atoms with Crippen molar-refractivity contribution < 1.29 is 9.59 Å². The van der Waals surface area contributed by atoms with Gasteiger partial charge < -0.3 is 5.32 Å². The lowest BCUT2D eigenvalue weighted by atomic mass is 10.2. The molecule has 0 radical (unpaired) electrons. The van der Waals surface area contributed by atoms with Crippen LogP contribution < -0.4 is 5.32 Å². The molecule has 1 aliphatic rings. The predicted octanol–water partition coefficient (Wildman–Crippen LogP) is 0.0282. The monoisotopic (exact) mass is 186 g/mol. The Bertz CT molecular complexity index is 230. The zero-order chi connectivity index (χ0) is 9.30. The van der Waals surface area contributed by atoms with Gasteiger partial charge in [-0.1, -0.05) is 0 Å². The molecule has 1 rings (SSSR count). The summed E-state index contributed by atoms with van der Waals surface area (Å²) in [5.41, 5.74) is 0. The van der Waals surface area contributed by atoms with Gasteiger partial charge in [0.1, 0.15) is 6.42 Å². The average Bonchev–Trinajstić information content (AvgIpc) is 1.82. The molecule has 1 aliphatic heterocycles. The molecule has 0 saturated carbocycles. The van der Waals surface area contributed by atoms with E-state index in [9.17, 15) is 9.59 Å². The molecule has 0 aromatic heterocycles. The van der Waals surface area contributed by atoms with E-state index in [-0.39, 0.29) is 29.4 Å². The normalized spacial score (nSPS) is 18.6. The standard InChI is InChI=1S/C7H10N2O2S/c1-4(2)9-6(11)3-5(10)8-7(9)12/h4H,3H2,1-2H3,(H,8,10,12). The molecule has 1 saturated heterocycles. The lowest BCUT2D eigenvalue weighted by Crippen LogP contribution is -2.54. The molecule has 12 heavy (non-hydrogen) atoms. The van der Waals surface area contributed by atoms with Gasteiger partial charge in [-0.2, -0.15) is 0 Å². The molecule has 2 amide bonds. The fourth-order valence-electron chi connectivity index (χ4n) is 1.08. The molecule has 0 aromatic carbocycles. The maximum Gasteiger partial charge on any atom is 0.238 e. The van der Waals surface area contributed by atoms with Gasteiger partial charge in [0.2, 0.25) is 11.8 Å². The van der Waals surface area contributed by atoms with Gasteiger partial charge in [0, 0.05) is 6.04 Å². The maximum atomic E-state index is 11.2. The first-order valence-corrected chi connectivity index (χ1v) is 4.09. The van der Waals surface area contributed by atoms with Crippen LogP contribution in [0.3, 0.4) is 0 Å². The van der Waals surface area contributed by atoms with E-state index < -0.39 is 0 Å². The van der Waals surface area contributed by atoms with Crippen molar-refractivity contribution in [3.05, 3.63) is 0 Å². The molecule has 0 aromatic rings. The molecule has 0 atom stereocenters. The minimum Gasteiger partial charge on any atom is -0.302 e. The summed E-state index contributed by atoms with van der Waals surface area (Å²) < 4.78 is 0. The maximum absolute atomic E-state index is 11.2. The Morgan fingerprint density at radius 3 is 2.50 bits per heavy atom. The van der Waals surface area contributed by atoms with Crippen LogP contribution in [0.15, 0.2) is 0 Å². The molecule has 0 aliphatic carbocycles. The summed E-state index contributed by atoms with van der Waals surface area (Å²) in [4.78, 5) is 23.5. The van der Waals surface area contributed by atoms with Gasteiger partial charge in [0.25, 0.3) is 0 Å². The molecular weight excluding hydrogens is 176 g/mol. The quantitative estimate of drug-likeness (QED) is 0.464. The van der Waals surface area contributed by atoms with Crippen LogP contribution in [0.1, 0.15) is 20.3 Å². The smallest absolute Gasteiger partial charge is 0.238 e. The topological polar surface area (TPSA) is 49.4 Å². The van der Waals surface area contributed by atoms with E-state index >= 15 is 0 Å². The van der Waals surface area contributed by atoms with E-state index in [1.807, 2.05) is 13.8 Å². The summed E-state index contributed by atoms with van der Waals surface area (Å²) in [7, 11) is 0. The van der Waals surface area contributed by atoms with Crippen molar-refractivity contribution in [1.29, 1.82) is 0 Å². The van der Waals surface area contributed by atoms with Crippen molar-refractivity contribution in [2.75, 3.05) is 0 Å². The Kier molecular flexibility index (Phi) is 2.42. The predicted molar refractivity (Wildman–Crippen MR) is 47.3 cm³/mol. The van der Waals surface area contributed by atoms with E-state index in [1.54, 1.807) is 0 Å². The Hall–Kier alpha value is -0.970. The number of hydrogen-bond donors (Lipinski definition) is 1. The van der Waals surface area contributed by atoms with E-state index in [4.69, 9.17) is 12.2 Å². The van der Waals surface area contributed by atoms with Crippen molar-refractivity contribution in [1.82, 2.24) is 10.2 Å². The third kappa shape index (κ3) is 1.61. The summed E-state index contributed by atoms with van der Waals surface area (Å²) >= 11 is 4.83. The van der Waals surface area contributed by atoms with Crippen molar-refractivity contribution >= 4 is 29.1 Å². The Balaban J connectivity index is 2.81. The van der Waals surface area contributed by atoms with Crippen molar-refractivity contribution in [2.45, 2.75) is 26.3 Å². The molecule has 4 nitrogen and oxygen atoms in total. The van der Waals surface area contributed by atoms with Crippen molar-refractivity contribution in [2.24, 2.45) is 0 Å². The van der Waals surface area contributed by atoms with E-state index in [2.05, 4.69) is 5.32 Å². The van der Waals surface area contributed by atoms with E-state index in [1.165, 1.54) is 4.90 Å². The van der Waals surface area contributed by atoms with Gasteiger partial charge in [-0.25, -0.2) is 0 Å². The number of amides is 2. The summed E-state index contributed by atoms with van der Waals surface area (Å²) in [5, 5.41) is 2.65. The summed E-state index contributed by atoms with van der Waals surface area (Å²) in [6.45, 7) is 3.70. The molecule has 0 bridgehead atoms. The third-order valence-electron chi connectivity index (χ3n) is 1.56. The van der Waals surface area contributed by atoms with Gasteiger partial charge in [-0.3, -0.25) is 14.5 Å². The highest BCUT2D eigenvalue weighted by Gasteiger charge is 2.29. The highest BCUT2D eigenvalue weighted by molar-refractivity contribution is 7.80. The highest BCUT2D eigenvalue weighted by atomic mass is 32.1. The zero-order valence-electron chi connectivity index (χ0n) is 6.96. The van der Waals surface area contributed by atoms with Crippen LogP contribution in [-0.2, 0) is 9.59 Å². The van der Waals surface area contributed by atoms with Crippen molar-refractivity contribution in [3.8, 4) is 0 Å². The number of thiocarbonyl (C=S) groups is 1. The van der Waals surface area contributed by atoms with Crippen molar-refractivity contribution in [3.63, 3.8) is 0 Å². The summed E-state index contributed by atoms with van der Waals surface area (Å²) in [6.07, 6.45) is -0.0989. The fraction of sp³-hybridized carbons (Fsp3) is 0.571. The van der Waals surface area contributed by atoms with Crippen LogP contribution in [0, 0.1) is 0 Å². The zero-order valence-corrected chi connectivity index (χ0v) is 7.77. The van der Waals surface area contributed by atoms with Crippen LogP contribution in [0.2, 0.25) is 0 Å². The number of carbonyl (C=O) groups excluding carboxylic acids is 2. The molecule has 1 fully saturated rings. The minimum atomic E-state index is -0.318. The van der Waals surface area contributed by atoms with Gasteiger partial charge in [-0.05, 0) is 26.1 Å². The lowest BCUT2D eigenvalue weighted by Gasteiger charge is -2.30. The molecule has 1 heterocycles. The fourth-order valence-corrected chi connectivity index (χ4v) is 1.51. The first kappa shape index (κ1) is 9.12. The van der Waals surface area contributed by atoms with Crippen LogP contribution in [0.25, 0.3) is 0 Å². The van der Waals surface area contributed by atoms with Gasteiger partial charge >= 0.3 is 0 Å². The number of nitrogens with zero attached hydrogens (tertiary/aromatic N) is 1. The molecule has 0 unspecified atom stereocenters. The van der Waals surface area contributed by atoms with Gasteiger partial charge in [-0.15, -0.1) is 0 Å². The van der Waals surface area contributed by atoms with Crippen LogP contribution in [0.4, 0.5) is 0 Å². The lowest BCUT2D eigenvalue weighted by molar-refractivity contribution is -0.135. The number of nitrogens with one attached hydrogen (secondary N) is 1. The Morgan fingerprint density at radius 1 is 1.50 bits per heavy atom. The number of rotatable bonds is 1. The largest absolute Gasteiger partial charge is 0.302 e. The van der Waals surface area contributed by atoms with Gasteiger partial charge in [0.15, 0.2) is 5.11 Å². The molecule has 0 spiro atoms. The molecule has 1 N–H and O–H groups in total. The van der Waals surface area contributed by atoms with E-state index in [0.717, 1.165) is 0 Å². The summed E-state index contributed by atoms with van der Waals surface area (Å²) in [5.74, 6) is -0.541. The molecule has 5 heteroatoms. The number of hydrogen-bond acceptors (Lipinski definition) is 3. The van der Waals surface area contributed by atoms with Gasteiger partial charge in [0.05, 0.1) is 0 Å². The Morgan fingerprint density at radius 2 is 2.08 bits per heavy atom. The molecular formula is C7H10N2O2S. The molecule has 66 valence electrons. The highest BCUT2D eigenvalue weighted by Crippen LogP contribution is 2.07. The second-order valence-electron chi connectivity index (χ2n) is 2.89. The first-order chi connectivity index (χ1) is 5.52.